The maximum Gasteiger partial charge on any atom is 0.346 e. The van der Waals surface area contributed by atoms with Crippen LogP contribution in [-0.2, 0) is 4.84 Å². The second kappa shape index (κ2) is 10.6. The summed E-state index contributed by atoms with van der Waals surface area (Å²) in [5, 5.41) is 7.51. The number of anilines is 2. The van der Waals surface area contributed by atoms with Crippen LogP contribution >= 0.6 is 0 Å². The lowest BCUT2D eigenvalue weighted by Gasteiger charge is -2.23. The molecule has 0 bridgehead atoms. The molecule has 2 heterocycles. The molecular weight excluding hydrogens is 414 g/mol. The van der Waals surface area contributed by atoms with Crippen LogP contribution in [0.1, 0.15) is 43.0 Å². The second-order valence-corrected chi connectivity index (χ2v) is 8.21. The third-order valence-corrected chi connectivity index (χ3v) is 5.07. The fraction of sp³-hybridized carbons (Fsp3) is 0.269. The minimum atomic E-state index is -0.302. The Morgan fingerprint density at radius 3 is 2.61 bits per heavy atom. The first-order valence-electron chi connectivity index (χ1n) is 11.0. The molecule has 7 nitrogen and oxygen atoms in total. The van der Waals surface area contributed by atoms with Gasteiger partial charge in [-0.2, -0.15) is 5.06 Å². The zero-order valence-electron chi connectivity index (χ0n) is 18.8. The molecule has 33 heavy (non-hydrogen) atoms. The number of carbonyl (C=O) groups excluding carboxylic acids is 1. The van der Waals surface area contributed by atoms with Crippen LogP contribution in [0.5, 0.6) is 0 Å². The lowest BCUT2D eigenvalue weighted by Crippen LogP contribution is -2.33. The van der Waals surface area contributed by atoms with E-state index in [0.717, 1.165) is 29.7 Å². The Balaban J connectivity index is 1.40. The van der Waals surface area contributed by atoms with Crippen molar-refractivity contribution in [2.45, 2.75) is 26.3 Å². The molecule has 0 spiro atoms. The molecule has 2 N–H and O–H groups in total. The van der Waals surface area contributed by atoms with E-state index in [-0.39, 0.29) is 12.1 Å². The highest BCUT2D eigenvalue weighted by atomic mass is 16.7. The Morgan fingerprint density at radius 2 is 1.85 bits per heavy atom. The second-order valence-electron chi connectivity index (χ2n) is 8.21. The largest absolute Gasteiger partial charge is 0.354 e. The first-order chi connectivity index (χ1) is 16.1. The van der Waals surface area contributed by atoms with E-state index < -0.39 is 0 Å². The molecule has 1 saturated heterocycles. The number of hydrogen-bond acceptors (Lipinski definition) is 5. The fourth-order valence-corrected chi connectivity index (χ4v) is 3.42. The minimum Gasteiger partial charge on any atom is -0.354 e. The summed E-state index contributed by atoms with van der Waals surface area (Å²) in [7, 11) is 0. The Kier molecular flexibility index (Phi) is 7.18. The van der Waals surface area contributed by atoms with Gasteiger partial charge >= 0.3 is 6.03 Å². The van der Waals surface area contributed by atoms with E-state index in [2.05, 4.69) is 46.3 Å². The number of hydrogen-bond donors (Lipinski definition) is 2. The van der Waals surface area contributed by atoms with E-state index in [9.17, 15) is 4.79 Å². The highest BCUT2D eigenvalue weighted by Crippen LogP contribution is 2.30. The molecule has 1 fully saturated rings. The van der Waals surface area contributed by atoms with Gasteiger partial charge in [0.15, 0.2) is 0 Å². The van der Waals surface area contributed by atoms with Gasteiger partial charge in [-0.15, -0.1) is 0 Å². The molecule has 0 aliphatic carbocycles. The number of amides is 2. The van der Waals surface area contributed by atoms with E-state index in [4.69, 9.17) is 4.84 Å². The number of nitrogens with zero attached hydrogens (tertiary/aromatic N) is 3. The minimum absolute atomic E-state index is 0.104. The number of nitrogens with one attached hydrogen (secondary N) is 2. The summed E-state index contributed by atoms with van der Waals surface area (Å²) in [5.74, 6) is 7.28. The molecule has 0 unspecified atom stereocenters. The fourth-order valence-electron chi connectivity index (χ4n) is 3.42. The first-order valence-corrected chi connectivity index (χ1v) is 11.0. The van der Waals surface area contributed by atoms with Gasteiger partial charge in [0.05, 0.1) is 18.2 Å². The molecule has 3 aromatic rings. The molecule has 4 rings (SSSR count). The van der Waals surface area contributed by atoms with Gasteiger partial charge in [0.25, 0.3) is 0 Å². The van der Waals surface area contributed by atoms with E-state index in [0.29, 0.717) is 24.2 Å². The van der Waals surface area contributed by atoms with Crippen molar-refractivity contribution in [3.8, 4) is 11.8 Å². The monoisotopic (exact) mass is 441 g/mol. The van der Waals surface area contributed by atoms with Crippen molar-refractivity contribution in [2.24, 2.45) is 5.92 Å². The van der Waals surface area contributed by atoms with Crippen LogP contribution in [0.3, 0.4) is 0 Å². The predicted octanol–water partition coefficient (Wildman–Crippen LogP) is 4.85. The summed E-state index contributed by atoms with van der Waals surface area (Å²) in [6, 6.07) is 16.9. The van der Waals surface area contributed by atoms with Gasteiger partial charge in [0.1, 0.15) is 0 Å². The van der Waals surface area contributed by atoms with Crippen molar-refractivity contribution in [2.75, 3.05) is 23.8 Å². The molecule has 0 radical (unpaired) electrons. The summed E-state index contributed by atoms with van der Waals surface area (Å²) in [5.41, 5.74) is 3.20. The Labute approximate surface area is 194 Å². The Hall–Kier alpha value is -3.89. The number of benzene rings is 2. The van der Waals surface area contributed by atoms with Crippen LogP contribution in [0, 0.1) is 17.8 Å². The third-order valence-electron chi connectivity index (χ3n) is 5.07. The highest BCUT2D eigenvalue weighted by molar-refractivity contribution is 5.89. The van der Waals surface area contributed by atoms with Crippen LogP contribution in [-0.4, -0.2) is 34.2 Å². The molecule has 1 atom stereocenters. The zero-order chi connectivity index (χ0) is 23.0. The standard InChI is InChI=1S/C26H27N5O2/c1-19(2)16-27-25-28-17-21(18-29-25)12-11-20-7-6-10-23(15-20)30-26(32)31-24(13-14-33-31)22-8-4-3-5-9-22/h3-10,15,17-19,24H,13-14,16H2,1-2H3,(H,30,32)(H,27,28,29)/t24-/m0/s1. The van der Waals surface area contributed by atoms with Crippen molar-refractivity contribution in [1.82, 2.24) is 15.0 Å². The molecule has 7 heteroatoms. The van der Waals surface area contributed by atoms with Crippen LogP contribution in [0.15, 0.2) is 67.0 Å². The zero-order valence-corrected chi connectivity index (χ0v) is 18.8. The number of urea groups is 1. The number of aromatic nitrogens is 2. The van der Waals surface area contributed by atoms with Crippen molar-refractivity contribution in [3.63, 3.8) is 0 Å². The number of carbonyl (C=O) groups is 1. The van der Waals surface area contributed by atoms with Crippen LogP contribution < -0.4 is 10.6 Å². The quantitative estimate of drug-likeness (QED) is 0.553. The van der Waals surface area contributed by atoms with Gasteiger partial charge < -0.3 is 10.6 Å². The van der Waals surface area contributed by atoms with E-state index in [1.165, 1.54) is 5.06 Å². The van der Waals surface area contributed by atoms with Gasteiger partial charge in [-0.25, -0.2) is 14.8 Å². The average Bonchev–Trinajstić information content (AvgIpc) is 3.33. The smallest absolute Gasteiger partial charge is 0.346 e. The Morgan fingerprint density at radius 1 is 1.09 bits per heavy atom. The SMILES string of the molecule is CC(C)CNc1ncc(C#Cc2cccc(NC(=O)N3OCC[C@H]3c3ccccc3)c2)cn1. The van der Waals surface area contributed by atoms with Crippen molar-refractivity contribution < 1.29 is 9.63 Å². The summed E-state index contributed by atoms with van der Waals surface area (Å²) in [4.78, 5) is 27.0. The van der Waals surface area contributed by atoms with Crippen LogP contribution in [0.25, 0.3) is 0 Å². The lowest BCUT2D eigenvalue weighted by molar-refractivity contribution is -0.0829. The predicted molar refractivity (Wildman–Crippen MR) is 128 cm³/mol. The molecule has 1 aromatic heterocycles. The molecule has 1 aliphatic heterocycles. The van der Waals surface area contributed by atoms with Gasteiger partial charge in [0, 0.05) is 36.6 Å². The van der Waals surface area contributed by atoms with E-state index in [1.54, 1.807) is 12.4 Å². The lowest BCUT2D eigenvalue weighted by atomic mass is 10.1. The topological polar surface area (TPSA) is 79.4 Å². The van der Waals surface area contributed by atoms with Crippen molar-refractivity contribution in [1.29, 1.82) is 0 Å². The molecule has 1 aliphatic rings. The average molecular weight is 442 g/mol. The molecule has 2 amide bonds. The molecule has 2 aromatic carbocycles. The normalized spacial score (nSPS) is 15.1. The maximum atomic E-state index is 12.8. The molecule has 0 saturated carbocycles. The summed E-state index contributed by atoms with van der Waals surface area (Å²) < 4.78 is 0. The van der Waals surface area contributed by atoms with Gasteiger partial charge in [-0.3, -0.25) is 4.84 Å². The van der Waals surface area contributed by atoms with Gasteiger partial charge in [-0.05, 0) is 29.7 Å². The third kappa shape index (κ3) is 6.09. The first kappa shape index (κ1) is 22.3. The molecular formula is C26H27N5O2. The molecule has 168 valence electrons. The van der Waals surface area contributed by atoms with Crippen molar-refractivity contribution >= 4 is 17.7 Å². The number of rotatable bonds is 5. The van der Waals surface area contributed by atoms with E-state index >= 15 is 0 Å². The summed E-state index contributed by atoms with van der Waals surface area (Å²) >= 11 is 0. The highest BCUT2D eigenvalue weighted by Gasteiger charge is 2.31. The summed E-state index contributed by atoms with van der Waals surface area (Å²) in [6.07, 6.45) is 4.16. The van der Waals surface area contributed by atoms with Crippen molar-refractivity contribution in [3.05, 3.63) is 83.7 Å². The maximum absolute atomic E-state index is 12.8. The van der Waals surface area contributed by atoms with E-state index in [1.807, 2.05) is 54.6 Å². The van der Waals surface area contributed by atoms with Crippen LogP contribution in [0.2, 0.25) is 0 Å². The van der Waals surface area contributed by atoms with Gasteiger partial charge in [0.2, 0.25) is 5.95 Å². The van der Waals surface area contributed by atoms with Crippen LogP contribution in [0.4, 0.5) is 16.4 Å². The number of hydroxylamine groups is 2. The Bertz CT molecular complexity index is 1140. The summed E-state index contributed by atoms with van der Waals surface area (Å²) in [6.45, 7) is 5.58. The van der Waals surface area contributed by atoms with Gasteiger partial charge in [-0.1, -0.05) is 62.1 Å².